The van der Waals surface area contributed by atoms with Crippen molar-refractivity contribution in [2.24, 2.45) is 11.3 Å². The lowest BCUT2D eigenvalue weighted by Gasteiger charge is -2.27. The van der Waals surface area contributed by atoms with Gasteiger partial charge in [-0.1, -0.05) is 112 Å². The van der Waals surface area contributed by atoms with Crippen molar-refractivity contribution in [3.8, 4) is 0 Å². The van der Waals surface area contributed by atoms with Crippen molar-refractivity contribution in [2.75, 3.05) is 13.2 Å². The summed E-state index contributed by atoms with van der Waals surface area (Å²) in [5.74, 6) is -0.598. The Morgan fingerprint density at radius 1 is 0.633 bits per heavy atom. The van der Waals surface area contributed by atoms with Crippen LogP contribution in [0, 0.1) is 11.3 Å². The van der Waals surface area contributed by atoms with Crippen LogP contribution in [0.2, 0.25) is 0 Å². The molecular weight excluding hydrogens is 376 g/mol. The van der Waals surface area contributed by atoms with Crippen molar-refractivity contribution >= 4 is 11.9 Å². The molecule has 0 unspecified atom stereocenters. The molecule has 0 N–H and O–H groups in total. The lowest BCUT2D eigenvalue weighted by molar-refractivity contribution is -0.174. The van der Waals surface area contributed by atoms with Gasteiger partial charge in [-0.15, -0.1) is 0 Å². The predicted octanol–water partition coefficient (Wildman–Crippen LogP) is 7.63. The Kier molecular flexibility index (Phi) is 18.0. The molecule has 0 spiro atoms. The van der Waals surface area contributed by atoms with Gasteiger partial charge in [0.15, 0.2) is 5.41 Å². The van der Waals surface area contributed by atoms with Crippen LogP contribution in [0.15, 0.2) is 0 Å². The summed E-state index contributed by atoms with van der Waals surface area (Å²) in [6.07, 6.45) is 17.5. The third-order valence-corrected chi connectivity index (χ3v) is 6.02. The molecule has 0 fully saturated rings. The van der Waals surface area contributed by atoms with Crippen LogP contribution < -0.4 is 0 Å². The Morgan fingerprint density at radius 3 is 1.43 bits per heavy atom. The zero-order chi connectivity index (χ0) is 22.7. The minimum absolute atomic E-state index is 0.252. The third-order valence-electron chi connectivity index (χ3n) is 6.02. The maximum atomic E-state index is 12.6. The van der Waals surface area contributed by atoms with Crippen molar-refractivity contribution in [2.45, 2.75) is 131 Å². The molecule has 0 aromatic carbocycles. The summed E-state index contributed by atoms with van der Waals surface area (Å²) < 4.78 is 10.8. The standard InChI is InChI=1S/C26H50O4/c1-6-9-10-11-12-13-14-15-16-17-18-19-20-21-29-24(27)26(7-2,8-3)25(28)30-22-23(4)5/h23H,6-22H2,1-5H3. The number of rotatable bonds is 20. The van der Waals surface area contributed by atoms with Crippen LogP contribution in [0.25, 0.3) is 0 Å². The Bertz CT molecular complexity index is 427. The van der Waals surface area contributed by atoms with Crippen LogP contribution in [-0.2, 0) is 19.1 Å². The molecule has 30 heavy (non-hydrogen) atoms. The zero-order valence-corrected chi connectivity index (χ0v) is 20.7. The number of carbonyl (C=O) groups excluding carboxylic acids is 2. The maximum absolute atomic E-state index is 12.6. The molecule has 0 heterocycles. The van der Waals surface area contributed by atoms with E-state index in [0.29, 0.717) is 26.1 Å². The molecule has 0 aromatic rings. The van der Waals surface area contributed by atoms with Gasteiger partial charge in [0.05, 0.1) is 13.2 Å². The van der Waals surface area contributed by atoms with E-state index in [2.05, 4.69) is 6.92 Å². The molecule has 0 saturated heterocycles. The van der Waals surface area contributed by atoms with Crippen molar-refractivity contribution < 1.29 is 19.1 Å². The van der Waals surface area contributed by atoms with Crippen LogP contribution in [0.5, 0.6) is 0 Å². The molecule has 0 bridgehead atoms. The van der Waals surface area contributed by atoms with E-state index in [4.69, 9.17) is 9.47 Å². The molecule has 4 nitrogen and oxygen atoms in total. The van der Waals surface area contributed by atoms with Crippen LogP contribution in [0.3, 0.4) is 0 Å². The Morgan fingerprint density at radius 2 is 1.03 bits per heavy atom. The quantitative estimate of drug-likeness (QED) is 0.114. The summed E-state index contributed by atoms with van der Waals surface area (Å²) in [6, 6.07) is 0. The average molecular weight is 427 g/mol. The number of hydrogen-bond acceptors (Lipinski definition) is 4. The molecule has 0 saturated carbocycles. The summed E-state index contributed by atoms with van der Waals surface area (Å²) in [5, 5.41) is 0. The van der Waals surface area contributed by atoms with E-state index in [1.807, 2.05) is 27.7 Å². The minimum atomic E-state index is -1.15. The highest BCUT2D eigenvalue weighted by Gasteiger charge is 2.45. The molecule has 0 rings (SSSR count). The van der Waals surface area contributed by atoms with Crippen LogP contribution in [-0.4, -0.2) is 25.2 Å². The SMILES string of the molecule is CCCCCCCCCCCCCCCOC(=O)C(CC)(CC)C(=O)OCC(C)C. The third kappa shape index (κ3) is 12.6. The summed E-state index contributed by atoms with van der Waals surface area (Å²) in [6.45, 7) is 10.7. The predicted molar refractivity (Wildman–Crippen MR) is 125 cm³/mol. The highest BCUT2D eigenvalue weighted by molar-refractivity contribution is 5.99. The van der Waals surface area contributed by atoms with Gasteiger partial charge in [-0.05, 0) is 25.2 Å². The molecule has 0 radical (unpaired) electrons. The fourth-order valence-corrected chi connectivity index (χ4v) is 3.71. The molecule has 0 aliphatic heterocycles. The van der Waals surface area contributed by atoms with E-state index in [1.165, 1.54) is 70.6 Å². The van der Waals surface area contributed by atoms with Crippen LogP contribution in [0.4, 0.5) is 0 Å². The van der Waals surface area contributed by atoms with Gasteiger partial charge in [0.1, 0.15) is 0 Å². The van der Waals surface area contributed by atoms with Crippen molar-refractivity contribution in [3.63, 3.8) is 0 Å². The first kappa shape index (κ1) is 28.9. The molecule has 0 aliphatic rings. The number of unbranched alkanes of at least 4 members (excludes halogenated alkanes) is 12. The highest BCUT2D eigenvalue weighted by atomic mass is 16.6. The number of carbonyl (C=O) groups is 2. The molecular formula is C26H50O4. The maximum Gasteiger partial charge on any atom is 0.323 e. The molecule has 178 valence electrons. The molecule has 4 heteroatoms. The monoisotopic (exact) mass is 426 g/mol. The van der Waals surface area contributed by atoms with Crippen molar-refractivity contribution in [1.29, 1.82) is 0 Å². The van der Waals surface area contributed by atoms with Gasteiger partial charge in [-0.3, -0.25) is 9.59 Å². The second-order valence-corrected chi connectivity index (χ2v) is 9.16. The zero-order valence-electron chi connectivity index (χ0n) is 20.7. The van der Waals surface area contributed by atoms with E-state index in [0.717, 1.165) is 12.8 Å². The fraction of sp³-hybridized carbons (Fsp3) is 0.923. The van der Waals surface area contributed by atoms with E-state index >= 15 is 0 Å². The Hall–Kier alpha value is -1.06. The van der Waals surface area contributed by atoms with Gasteiger partial charge in [0.2, 0.25) is 0 Å². The number of hydrogen-bond donors (Lipinski definition) is 0. The second kappa shape index (κ2) is 18.7. The average Bonchev–Trinajstić information content (AvgIpc) is 2.73. The van der Waals surface area contributed by atoms with Gasteiger partial charge >= 0.3 is 11.9 Å². The number of esters is 2. The van der Waals surface area contributed by atoms with Gasteiger partial charge in [0, 0.05) is 0 Å². The molecule has 0 aliphatic carbocycles. The summed E-state index contributed by atoms with van der Waals surface area (Å²) >= 11 is 0. The Balaban J connectivity index is 3.85. The van der Waals surface area contributed by atoms with Crippen molar-refractivity contribution in [1.82, 2.24) is 0 Å². The van der Waals surface area contributed by atoms with Gasteiger partial charge in [0.25, 0.3) is 0 Å². The summed E-state index contributed by atoms with van der Waals surface area (Å²) in [5.41, 5.74) is -1.15. The van der Waals surface area contributed by atoms with E-state index in [-0.39, 0.29) is 5.92 Å². The molecule has 0 aromatic heterocycles. The lowest BCUT2D eigenvalue weighted by atomic mass is 9.82. The van der Waals surface area contributed by atoms with Crippen molar-refractivity contribution in [3.05, 3.63) is 0 Å². The minimum Gasteiger partial charge on any atom is -0.465 e. The van der Waals surface area contributed by atoms with E-state index in [1.54, 1.807) is 0 Å². The number of ether oxygens (including phenoxy) is 2. The summed E-state index contributed by atoms with van der Waals surface area (Å²) in [7, 11) is 0. The second-order valence-electron chi connectivity index (χ2n) is 9.16. The Labute approximate surface area is 186 Å². The first-order valence-electron chi connectivity index (χ1n) is 12.8. The van der Waals surface area contributed by atoms with E-state index in [9.17, 15) is 9.59 Å². The first-order chi connectivity index (χ1) is 14.4. The molecule has 0 atom stereocenters. The topological polar surface area (TPSA) is 52.6 Å². The van der Waals surface area contributed by atoms with Gasteiger partial charge in [-0.25, -0.2) is 0 Å². The first-order valence-corrected chi connectivity index (χ1v) is 12.8. The largest absolute Gasteiger partial charge is 0.465 e. The molecule has 0 amide bonds. The van der Waals surface area contributed by atoms with Crippen LogP contribution in [0.1, 0.15) is 131 Å². The van der Waals surface area contributed by atoms with Crippen LogP contribution >= 0.6 is 0 Å². The fourth-order valence-electron chi connectivity index (χ4n) is 3.71. The highest BCUT2D eigenvalue weighted by Crippen LogP contribution is 2.30. The van der Waals surface area contributed by atoms with Gasteiger partial charge < -0.3 is 9.47 Å². The van der Waals surface area contributed by atoms with E-state index < -0.39 is 17.4 Å². The summed E-state index contributed by atoms with van der Waals surface area (Å²) in [4.78, 5) is 25.1. The van der Waals surface area contributed by atoms with Gasteiger partial charge in [-0.2, -0.15) is 0 Å². The normalized spacial score (nSPS) is 11.7. The lowest BCUT2D eigenvalue weighted by Crippen LogP contribution is -2.41. The smallest absolute Gasteiger partial charge is 0.323 e.